The van der Waals surface area contributed by atoms with Crippen LogP contribution < -0.4 is 10.1 Å². The molecular weight excluding hydrogens is 328 g/mol. The molecule has 6 nitrogen and oxygen atoms in total. The first-order chi connectivity index (χ1) is 11.5. The normalized spacial score (nSPS) is 14.9. The molecular formula is C17H18N2O4S. The van der Waals surface area contributed by atoms with Gasteiger partial charge in [0.25, 0.3) is 0 Å². The monoisotopic (exact) mass is 346 g/mol. The number of rotatable bonds is 6. The number of ether oxygens (including phenoxy) is 1. The average molecular weight is 346 g/mol. The second-order valence-electron chi connectivity index (χ2n) is 5.88. The third kappa shape index (κ3) is 2.99. The zero-order valence-corrected chi connectivity index (χ0v) is 14.3. The van der Waals surface area contributed by atoms with Gasteiger partial charge in [0.05, 0.1) is 19.1 Å². The van der Waals surface area contributed by atoms with Gasteiger partial charge >= 0.3 is 5.97 Å². The van der Waals surface area contributed by atoms with Crippen LogP contribution in [0.1, 0.15) is 39.5 Å². The van der Waals surface area contributed by atoms with Crippen LogP contribution in [0.25, 0.3) is 0 Å². The minimum atomic E-state index is -1.06. The molecule has 1 fully saturated rings. The first kappa shape index (κ1) is 16.4. The van der Waals surface area contributed by atoms with E-state index in [1.165, 1.54) is 16.7 Å². The Labute approximate surface area is 143 Å². The van der Waals surface area contributed by atoms with Crippen LogP contribution >= 0.6 is 11.3 Å². The molecule has 2 aromatic rings. The van der Waals surface area contributed by atoms with E-state index >= 15 is 0 Å². The predicted octanol–water partition coefficient (Wildman–Crippen LogP) is 2.51. The highest BCUT2D eigenvalue weighted by Gasteiger charge is 2.51. The van der Waals surface area contributed by atoms with Gasteiger partial charge in [0, 0.05) is 5.38 Å². The Balaban J connectivity index is 1.71. The molecule has 0 radical (unpaired) electrons. The number of thiazole rings is 1. The zero-order valence-electron chi connectivity index (χ0n) is 13.5. The van der Waals surface area contributed by atoms with E-state index < -0.39 is 11.4 Å². The number of aryl methyl sites for hydroxylation is 1. The molecule has 1 amide bonds. The number of methoxy groups -OCH3 is 1. The standard InChI is InChI=1S/C17H18N2O4S/c1-10-3-4-11(7-13(10)23-2)17(5-6-17)16(22)18-8-14-19-12(9-24-14)15(20)21/h3-4,7,9H,5-6,8H2,1-2H3,(H,18,22)(H,20,21). The van der Waals surface area contributed by atoms with Gasteiger partial charge in [0.2, 0.25) is 5.91 Å². The SMILES string of the molecule is COc1cc(C2(C(=O)NCc3nc(C(=O)O)cs3)CC2)ccc1C. The van der Waals surface area contributed by atoms with Crippen molar-refractivity contribution in [2.75, 3.05) is 7.11 Å². The van der Waals surface area contributed by atoms with E-state index in [0.717, 1.165) is 29.7 Å². The molecule has 0 saturated heterocycles. The highest BCUT2D eigenvalue weighted by molar-refractivity contribution is 7.09. The number of nitrogens with zero attached hydrogens (tertiary/aromatic N) is 1. The second kappa shape index (κ2) is 6.24. The maximum Gasteiger partial charge on any atom is 0.355 e. The van der Waals surface area contributed by atoms with Gasteiger partial charge in [-0.2, -0.15) is 0 Å². The van der Waals surface area contributed by atoms with Crippen LogP contribution in [-0.2, 0) is 16.8 Å². The predicted molar refractivity (Wildman–Crippen MR) is 89.6 cm³/mol. The Morgan fingerprint density at radius 3 is 2.75 bits per heavy atom. The number of aromatic carboxylic acids is 1. The van der Waals surface area contributed by atoms with Crippen molar-refractivity contribution in [1.82, 2.24) is 10.3 Å². The van der Waals surface area contributed by atoms with E-state index in [1.54, 1.807) is 7.11 Å². The number of carbonyl (C=O) groups excluding carboxylic acids is 1. The van der Waals surface area contributed by atoms with E-state index in [0.29, 0.717) is 5.01 Å². The van der Waals surface area contributed by atoms with Crippen molar-refractivity contribution in [1.29, 1.82) is 0 Å². The fourth-order valence-electron chi connectivity index (χ4n) is 2.70. The van der Waals surface area contributed by atoms with E-state index in [-0.39, 0.29) is 18.1 Å². The Kier molecular flexibility index (Phi) is 4.28. The number of nitrogens with one attached hydrogen (secondary N) is 1. The van der Waals surface area contributed by atoms with Crippen LogP contribution in [0.2, 0.25) is 0 Å². The molecule has 24 heavy (non-hydrogen) atoms. The number of carboxylic acid groups (broad SMARTS) is 1. The quantitative estimate of drug-likeness (QED) is 0.839. The summed E-state index contributed by atoms with van der Waals surface area (Å²) in [6.45, 7) is 2.20. The summed E-state index contributed by atoms with van der Waals surface area (Å²) in [6.07, 6.45) is 1.59. The summed E-state index contributed by atoms with van der Waals surface area (Å²) in [5.41, 5.74) is 1.48. The summed E-state index contributed by atoms with van der Waals surface area (Å²) in [6, 6.07) is 5.85. The van der Waals surface area contributed by atoms with Gasteiger partial charge in [-0.15, -0.1) is 11.3 Å². The summed E-state index contributed by atoms with van der Waals surface area (Å²) in [4.78, 5) is 27.5. The zero-order chi connectivity index (χ0) is 17.3. The Hall–Kier alpha value is -2.41. The lowest BCUT2D eigenvalue weighted by atomic mass is 9.93. The molecule has 3 rings (SSSR count). The number of aromatic nitrogens is 1. The molecule has 1 aliphatic rings. The number of benzene rings is 1. The minimum absolute atomic E-state index is 0.00801. The molecule has 0 bridgehead atoms. The van der Waals surface area contributed by atoms with Crippen LogP contribution in [0.3, 0.4) is 0 Å². The van der Waals surface area contributed by atoms with Crippen LogP contribution in [0.5, 0.6) is 5.75 Å². The van der Waals surface area contributed by atoms with Crippen LogP contribution in [0.4, 0.5) is 0 Å². The molecule has 1 aromatic heterocycles. The van der Waals surface area contributed by atoms with Gasteiger partial charge in [-0.1, -0.05) is 12.1 Å². The molecule has 1 saturated carbocycles. The maximum atomic E-state index is 12.6. The summed E-state index contributed by atoms with van der Waals surface area (Å²) in [7, 11) is 1.62. The van der Waals surface area contributed by atoms with Gasteiger partial charge in [0.1, 0.15) is 10.8 Å². The topological polar surface area (TPSA) is 88.5 Å². The smallest absolute Gasteiger partial charge is 0.355 e. The van der Waals surface area contributed by atoms with Crippen molar-refractivity contribution in [3.05, 3.63) is 45.4 Å². The molecule has 2 N–H and O–H groups in total. The second-order valence-corrected chi connectivity index (χ2v) is 6.82. The largest absolute Gasteiger partial charge is 0.496 e. The van der Waals surface area contributed by atoms with Crippen molar-refractivity contribution in [2.24, 2.45) is 0 Å². The molecule has 1 aromatic carbocycles. The van der Waals surface area contributed by atoms with Gasteiger partial charge < -0.3 is 15.2 Å². The number of hydrogen-bond acceptors (Lipinski definition) is 5. The van der Waals surface area contributed by atoms with Crippen LogP contribution in [0, 0.1) is 6.92 Å². The Morgan fingerprint density at radius 2 is 2.17 bits per heavy atom. The van der Waals surface area contributed by atoms with Crippen molar-refractivity contribution >= 4 is 23.2 Å². The third-order valence-corrected chi connectivity index (χ3v) is 5.17. The first-order valence-corrected chi connectivity index (χ1v) is 8.45. The Bertz CT molecular complexity index is 796. The summed E-state index contributed by atoms with van der Waals surface area (Å²) in [5, 5.41) is 13.8. The molecule has 1 aliphatic carbocycles. The lowest BCUT2D eigenvalue weighted by Gasteiger charge is -2.17. The number of hydrogen-bond donors (Lipinski definition) is 2. The molecule has 0 spiro atoms. The van der Waals surface area contributed by atoms with Crippen molar-refractivity contribution in [3.63, 3.8) is 0 Å². The van der Waals surface area contributed by atoms with Crippen LogP contribution in [0.15, 0.2) is 23.6 Å². The lowest BCUT2D eigenvalue weighted by Crippen LogP contribution is -2.34. The van der Waals surface area contributed by atoms with E-state index in [1.807, 2.05) is 25.1 Å². The number of carboxylic acids is 1. The van der Waals surface area contributed by atoms with E-state index in [9.17, 15) is 9.59 Å². The molecule has 126 valence electrons. The van der Waals surface area contributed by atoms with Gasteiger partial charge in [-0.05, 0) is 37.0 Å². The maximum absolute atomic E-state index is 12.6. The molecule has 0 unspecified atom stereocenters. The fraction of sp³-hybridized carbons (Fsp3) is 0.353. The highest BCUT2D eigenvalue weighted by Crippen LogP contribution is 2.49. The molecule has 0 atom stereocenters. The fourth-order valence-corrected chi connectivity index (χ4v) is 3.41. The van der Waals surface area contributed by atoms with Gasteiger partial charge in [-0.3, -0.25) is 4.79 Å². The van der Waals surface area contributed by atoms with Gasteiger partial charge in [-0.25, -0.2) is 9.78 Å². The third-order valence-electron chi connectivity index (χ3n) is 4.32. The summed E-state index contributed by atoms with van der Waals surface area (Å²) >= 11 is 1.23. The van der Waals surface area contributed by atoms with E-state index in [4.69, 9.17) is 9.84 Å². The van der Waals surface area contributed by atoms with Gasteiger partial charge in [0.15, 0.2) is 5.69 Å². The Morgan fingerprint density at radius 1 is 1.42 bits per heavy atom. The van der Waals surface area contributed by atoms with Crippen molar-refractivity contribution in [2.45, 2.75) is 31.7 Å². The van der Waals surface area contributed by atoms with Crippen molar-refractivity contribution in [3.8, 4) is 5.75 Å². The highest BCUT2D eigenvalue weighted by atomic mass is 32.1. The number of amides is 1. The average Bonchev–Trinajstić information content (AvgIpc) is 3.24. The van der Waals surface area contributed by atoms with Crippen LogP contribution in [-0.4, -0.2) is 29.1 Å². The first-order valence-electron chi connectivity index (χ1n) is 7.57. The van der Waals surface area contributed by atoms with E-state index in [2.05, 4.69) is 10.3 Å². The number of carbonyl (C=O) groups is 2. The van der Waals surface area contributed by atoms with Crippen molar-refractivity contribution < 1.29 is 19.4 Å². The molecule has 1 heterocycles. The lowest BCUT2D eigenvalue weighted by molar-refractivity contribution is -0.123. The minimum Gasteiger partial charge on any atom is -0.496 e. The molecule has 7 heteroatoms. The summed E-state index contributed by atoms with van der Waals surface area (Å²) < 4.78 is 5.35. The molecule has 0 aliphatic heterocycles. The summed E-state index contributed by atoms with van der Waals surface area (Å²) in [5.74, 6) is -0.340.